The SMILES string of the molecule is C[C@@H](NC(=O)c1cc(Cl)ccc1I)C(=O)OC(C)(C)C. The average molecular weight is 410 g/mol. The maximum atomic E-state index is 12.1. The lowest BCUT2D eigenvalue weighted by Gasteiger charge is -2.22. The molecule has 1 aromatic carbocycles. The molecular weight excluding hydrogens is 393 g/mol. The standard InChI is InChI=1S/C14H17ClINO3/c1-8(13(19)20-14(2,3)4)17-12(18)10-7-9(15)5-6-11(10)16/h5-8H,1-4H3,(H,17,18)/t8-/m1/s1. The Hall–Kier alpha value is -0.820. The molecule has 0 saturated carbocycles. The molecule has 1 aromatic rings. The normalized spacial score (nSPS) is 12.7. The summed E-state index contributed by atoms with van der Waals surface area (Å²) in [6.07, 6.45) is 0. The zero-order valence-corrected chi connectivity index (χ0v) is 14.7. The zero-order chi connectivity index (χ0) is 15.5. The topological polar surface area (TPSA) is 55.4 Å². The van der Waals surface area contributed by atoms with Crippen molar-refractivity contribution in [1.29, 1.82) is 0 Å². The number of halogens is 2. The quantitative estimate of drug-likeness (QED) is 0.615. The van der Waals surface area contributed by atoms with Gasteiger partial charge < -0.3 is 10.1 Å². The maximum absolute atomic E-state index is 12.1. The maximum Gasteiger partial charge on any atom is 0.328 e. The molecule has 0 fully saturated rings. The molecular formula is C14H17ClINO3. The van der Waals surface area contributed by atoms with Gasteiger partial charge >= 0.3 is 5.97 Å². The summed E-state index contributed by atoms with van der Waals surface area (Å²) >= 11 is 7.92. The van der Waals surface area contributed by atoms with E-state index in [2.05, 4.69) is 5.32 Å². The van der Waals surface area contributed by atoms with Crippen LogP contribution in [0, 0.1) is 3.57 Å². The van der Waals surface area contributed by atoms with Gasteiger partial charge in [0.05, 0.1) is 5.56 Å². The van der Waals surface area contributed by atoms with Gasteiger partial charge in [-0.2, -0.15) is 0 Å². The second-order valence-corrected chi connectivity index (χ2v) is 6.95. The van der Waals surface area contributed by atoms with Crippen molar-refractivity contribution >= 4 is 46.1 Å². The summed E-state index contributed by atoms with van der Waals surface area (Å²) in [5, 5.41) is 3.08. The number of benzene rings is 1. The van der Waals surface area contributed by atoms with Gasteiger partial charge in [0.2, 0.25) is 0 Å². The Morgan fingerprint density at radius 1 is 1.35 bits per heavy atom. The number of carbonyl (C=O) groups is 2. The van der Waals surface area contributed by atoms with Crippen LogP contribution in [0.25, 0.3) is 0 Å². The molecule has 0 radical (unpaired) electrons. The van der Waals surface area contributed by atoms with E-state index in [1.54, 1.807) is 45.9 Å². The monoisotopic (exact) mass is 409 g/mol. The summed E-state index contributed by atoms with van der Waals surface area (Å²) in [5.41, 5.74) is -0.144. The van der Waals surface area contributed by atoms with E-state index in [9.17, 15) is 9.59 Å². The van der Waals surface area contributed by atoms with Crippen LogP contribution in [0.15, 0.2) is 18.2 Å². The Morgan fingerprint density at radius 2 is 1.95 bits per heavy atom. The van der Waals surface area contributed by atoms with E-state index in [1.165, 1.54) is 0 Å². The van der Waals surface area contributed by atoms with Crippen LogP contribution in [0.4, 0.5) is 0 Å². The van der Waals surface area contributed by atoms with Crippen molar-refractivity contribution in [2.75, 3.05) is 0 Å². The van der Waals surface area contributed by atoms with Crippen LogP contribution < -0.4 is 5.32 Å². The van der Waals surface area contributed by atoms with Crippen LogP contribution in [0.5, 0.6) is 0 Å². The molecule has 20 heavy (non-hydrogen) atoms. The lowest BCUT2D eigenvalue weighted by atomic mass is 10.2. The molecule has 0 aliphatic rings. The molecule has 1 atom stereocenters. The highest BCUT2D eigenvalue weighted by Crippen LogP contribution is 2.18. The van der Waals surface area contributed by atoms with E-state index in [4.69, 9.17) is 16.3 Å². The number of esters is 1. The lowest BCUT2D eigenvalue weighted by molar-refractivity contribution is -0.156. The third kappa shape index (κ3) is 5.28. The van der Waals surface area contributed by atoms with Gasteiger partial charge in [-0.1, -0.05) is 11.6 Å². The average Bonchev–Trinajstić information content (AvgIpc) is 2.29. The number of carbonyl (C=O) groups excluding carboxylic acids is 2. The number of hydrogen-bond donors (Lipinski definition) is 1. The predicted molar refractivity (Wildman–Crippen MR) is 86.9 cm³/mol. The first-order valence-electron chi connectivity index (χ1n) is 6.09. The fourth-order valence-electron chi connectivity index (χ4n) is 1.39. The Labute approximate surface area is 137 Å². The molecule has 0 bridgehead atoms. The Bertz CT molecular complexity index is 526. The van der Waals surface area contributed by atoms with Crippen LogP contribution in [0.3, 0.4) is 0 Å². The molecule has 6 heteroatoms. The summed E-state index contributed by atoms with van der Waals surface area (Å²) in [6.45, 7) is 6.92. The molecule has 0 aliphatic carbocycles. The third-order valence-corrected chi connectivity index (χ3v) is 3.46. The number of nitrogens with one attached hydrogen (secondary N) is 1. The molecule has 1 amide bonds. The largest absolute Gasteiger partial charge is 0.458 e. The molecule has 4 nitrogen and oxygen atoms in total. The highest BCUT2D eigenvalue weighted by Gasteiger charge is 2.24. The van der Waals surface area contributed by atoms with Gasteiger partial charge in [-0.15, -0.1) is 0 Å². The molecule has 0 saturated heterocycles. The molecule has 110 valence electrons. The zero-order valence-electron chi connectivity index (χ0n) is 11.8. The van der Waals surface area contributed by atoms with Gasteiger partial charge in [0.15, 0.2) is 0 Å². The molecule has 0 aromatic heterocycles. The van der Waals surface area contributed by atoms with Crippen molar-refractivity contribution in [1.82, 2.24) is 5.32 Å². The van der Waals surface area contributed by atoms with Gasteiger partial charge in [0, 0.05) is 8.59 Å². The number of ether oxygens (including phenoxy) is 1. The van der Waals surface area contributed by atoms with Crippen LogP contribution in [-0.4, -0.2) is 23.5 Å². The van der Waals surface area contributed by atoms with E-state index >= 15 is 0 Å². The number of rotatable bonds is 3. The van der Waals surface area contributed by atoms with Crippen molar-refractivity contribution < 1.29 is 14.3 Å². The summed E-state index contributed by atoms with van der Waals surface area (Å²) in [4.78, 5) is 23.9. The Balaban J connectivity index is 2.75. The van der Waals surface area contributed by atoms with E-state index < -0.39 is 17.6 Å². The first-order chi connectivity index (χ1) is 9.10. The summed E-state index contributed by atoms with van der Waals surface area (Å²) in [6, 6.07) is 4.30. The fraction of sp³-hybridized carbons (Fsp3) is 0.429. The second kappa shape index (κ2) is 6.76. The van der Waals surface area contributed by atoms with Crippen LogP contribution in [-0.2, 0) is 9.53 Å². The van der Waals surface area contributed by atoms with E-state index in [1.807, 2.05) is 22.6 Å². The Kier molecular flexibility index (Phi) is 5.82. The van der Waals surface area contributed by atoms with Crippen molar-refractivity contribution in [3.8, 4) is 0 Å². The molecule has 0 heterocycles. The van der Waals surface area contributed by atoms with Gasteiger partial charge in [-0.25, -0.2) is 4.79 Å². The van der Waals surface area contributed by atoms with Crippen molar-refractivity contribution in [3.05, 3.63) is 32.4 Å². The molecule has 0 aliphatic heterocycles. The van der Waals surface area contributed by atoms with E-state index in [-0.39, 0.29) is 5.91 Å². The highest BCUT2D eigenvalue weighted by molar-refractivity contribution is 14.1. The van der Waals surface area contributed by atoms with Crippen molar-refractivity contribution in [2.45, 2.75) is 39.3 Å². The first-order valence-corrected chi connectivity index (χ1v) is 7.54. The summed E-state index contributed by atoms with van der Waals surface area (Å²) in [7, 11) is 0. The summed E-state index contributed by atoms with van der Waals surface area (Å²) in [5.74, 6) is -0.821. The molecule has 1 rings (SSSR count). The van der Waals surface area contributed by atoms with E-state index in [0.717, 1.165) is 3.57 Å². The van der Waals surface area contributed by atoms with E-state index in [0.29, 0.717) is 10.6 Å². The minimum absolute atomic E-state index is 0.352. The van der Waals surface area contributed by atoms with Gasteiger partial charge in [-0.05, 0) is 68.5 Å². The number of amides is 1. The molecule has 1 N–H and O–H groups in total. The fourth-order valence-corrected chi connectivity index (χ4v) is 2.15. The van der Waals surface area contributed by atoms with Crippen LogP contribution >= 0.6 is 34.2 Å². The summed E-state index contributed by atoms with van der Waals surface area (Å²) < 4.78 is 5.97. The lowest BCUT2D eigenvalue weighted by Crippen LogP contribution is -2.42. The third-order valence-electron chi connectivity index (χ3n) is 2.28. The van der Waals surface area contributed by atoms with Crippen LogP contribution in [0.2, 0.25) is 5.02 Å². The molecule has 0 unspecified atom stereocenters. The number of hydrogen-bond acceptors (Lipinski definition) is 3. The van der Waals surface area contributed by atoms with Gasteiger partial charge in [-0.3, -0.25) is 4.79 Å². The predicted octanol–water partition coefficient (Wildman–Crippen LogP) is 3.40. The van der Waals surface area contributed by atoms with Crippen molar-refractivity contribution in [3.63, 3.8) is 0 Å². The highest BCUT2D eigenvalue weighted by atomic mass is 127. The van der Waals surface area contributed by atoms with Gasteiger partial charge in [0.1, 0.15) is 11.6 Å². The first kappa shape index (κ1) is 17.2. The minimum atomic E-state index is -0.725. The second-order valence-electron chi connectivity index (χ2n) is 5.35. The molecule has 0 spiro atoms. The minimum Gasteiger partial charge on any atom is -0.458 e. The van der Waals surface area contributed by atoms with Crippen molar-refractivity contribution in [2.24, 2.45) is 0 Å². The van der Waals surface area contributed by atoms with Gasteiger partial charge in [0.25, 0.3) is 5.91 Å². The van der Waals surface area contributed by atoms with Crippen LogP contribution in [0.1, 0.15) is 38.1 Å². The Morgan fingerprint density at radius 3 is 2.50 bits per heavy atom. The smallest absolute Gasteiger partial charge is 0.328 e.